The SMILES string of the molecule is C=CCCc1ccc(N=Nc2ccc(C#N)cc2)cc1. The fourth-order valence-electron chi connectivity index (χ4n) is 1.72. The van der Waals surface area contributed by atoms with E-state index in [4.69, 9.17) is 5.26 Å². The second-order valence-corrected chi connectivity index (χ2v) is 4.35. The molecular formula is C17H15N3. The third-order valence-corrected chi connectivity index (χ3v) is 2.85. The molecule has 0 atom stereocenters. The van der Waals surface area contributed by atoms with E-state index in [0.717, 1.165) is 24.2 Å². The van der Waals surface area contributed by atoms with Gasteiger partial charge in [-0.2, -0.15) is 15.5 Å². The van der Waals surface area contributed by atoms with E-state index in [-0.39, 0.29) is 0 Å². The lowest BCUT2D eigenvalue weighted by Crippen LogP contribution is -1.81. The Hall–Kier alpha value is -2.73. The van der Waals surface area contributed by atoms with Crippen LogP contribution >= 0.6 is 0 Å². The van der Waals surface area contributed by atoms with E-state index in [0.29, 0.717) is 5.56 Å². The van der Waals surface area contributed by atoms with Gasteiger partial charge in [-0.25, -0.2) is 0 Å². The van der Waals surface area contributed by atoms with Crippen molar-refractivity contribution in [1.82, 2.24) is 0 Å². The van der Waals surface area contributed by atoms with E-state index in [2.05, 4.69) is 35.0 Å². The topological polar surface area (TPSA) is 48.5 Å². The molecule has 0 saturated carbocycles. The number of nitriles is 1. The number of aryl methyl sites for hydroxylation is 1. The molecule has 98 valence electrons. The Bertz CT molecular complexity index is 631. The molecule has 2 rings (SSSR count). The zero-order chi connectivity index (χ0) is 14.2. The van der Waals surface area contributed by atoms with E-state index >= 15 is 0 Å². The lowest BCUT2D eigenvalue weighted by molar-refractivity contribution is 1.00. The summed E-state index contributed by atoms with van der Waals surface area (Å²) < 4.78 is 0. The molecule has 0 amide bonds. The summed E-state index contributed by atoms with van der Waals surface area (Å²) >= 11 is 0. The highest BCUT2D eigenvalue weighted by Crippen LogP contribution is 2.19. The second kappa shape index (κ2) is 7.01. The molecule has 0 saturated heterocycles. The zero-order valence-corrected chi connectivity index (χ0v) is 11.2. The molecule has 0 aliphatic heterocycles. The molecule has 3 heteroatoms. The second-order valence-electron chi connectivity index (χ2n) is 4.35. The van der Waals surface area contributed by atoms with Gasteiger partial charge in [0.25, 0.3) is 0 Å². The smallest absolute Gasteiger partial charge is 0.0991 e. The summed E-state index contributed by atoms with van der Waals surface area (Å²) in [6, 6.07) is 17.1. The Balaban J connectivity index is 2.03. The van der Waals surface area contributed by atoms with Gasteiger partial charge in [0.15, 0.2) is 0 Å². The fourth-order valence-corrected chi connectivity index (χ4v) is 1.72. The summed E-state index contributed by atoms with van der Waals surface area (Å²) in [5.74, 6) is 0. The number of nitrogens with zero attached hydrogens (tertiary/aromatic N) is 3. The molecule has 0 aromatic heterocycles. The van der Waals surface area contributed by atoms with Crippen LogP contribution in [0.4, 0.5) is 11.4 Å². The van der Waals surface area contributed by atoms with Gasteiger partial charge in [-0.15, -0.1) is 6.58 Å². The maximum Gasteiger partial charge on any atom is 0.0991 e. The molecule has 0 bridgehead atoms. The summed E-state index contributed by atoms with van der Waals surface area (Å²) in [7, 11) is 0. The van der Waals surface area contributed by atoms with Gasteiger partial charge in [-0.05, 0) is 54.8 Å². The summed E-state index contributed by atoms with van der Waals surface area (Å²) in [5.41, 5.74) is 3.44. The number of hydrogen-bond donors (Lipinski definition) is 0. The third-order valence-electron chi connectivity index (χ3n) is 2.85. The molecule has 0 aliphatic rings. The van der Waals surface area contributed by atoms with Crippen LogP contribution in [0, 0.1) is 11.3 Å². The van der Waals surface area contributed by atoms with Gasteiger partial charge in [-0.1, -0.05) is 18.2 Å². The Kier molecular flexibility index (Phi) is 4.80. The zero-order valence-electron chi connectivity index (χ0n) is 11.2. The molecule has 0 spiro atoms. The molecule has 2 aromatic carbocycles. The average Bonchev–Trinajstić information content (AvgIpc) is 2.52. The maximum atomic E-state index is 8.71. The van der Waals surface area contributed by atoms with Crippen LogP contribution in [0.2, 0.25) is 0 Å². The first-order valence-corrected chi connectivity index (χ1v) is 6.43. The molecular weight excluding hydrogens is 246 g/mol. The Morgan fingerprint density at radius 2 is 1.50 bits per heavy atom. The van der Waals surface area contributed by atoms with Crippen LogP contribution < -0.4 is 0 Å². The van der Waals surface area contributed by atoms with Gasteiger partial charge < -0.3 is 0 Å². The summed E-state index contributed by atoms with van der Waals surface area (Å²) in [5, 5.41) is 17.0. The van der Waals surface area contributed by atoms with E-state index in [1.165, 1.54) is 5.56 Å². The highest BCUT2D eigenvalue weighted by molar-refractivity contribution is 5.44. The van der Waals surface area contributed by atoms with Crippen molar-refractivity contribution in [3.05, 3.63) is 72.3 Å². The quantitative estimate of drug-likeness (QED) is 0.546. The lowest BCUT2D eigenvalue weighted by atomic mass is 10.1. The monoisotopic (exact) mass is 261 g/mol. The van der Waals surface area contributed by atoms with Crippen molar-refractivity contribution in [3.63, 3.8) is 0 Å². The molecule has 0 aliphatic carbocycles. The predicted molar refractivity (Wildman–Crippen MR) is 80.3 cm³/mol. The van der Waals surface area contributed by atoms with Crippen LogP contribution in [0.1, 0.15) is 17.5 Å². The molecule has 0 fully saturated rings. The number of benzene rings is 2. The summed E-state index contributed by atoms with van der Waals surface area (Å²) in [4.78, 5) is 0. The molecule has 0 unspecified atom stereocenters. The molecule has 0 radical (unpaired) electrons. The molecule has 3 nitrogen and oxygen atoms in total. The number of allylic oxidation sites excluding steroid dienone is 1. The first-order chi connectivity index (χ1) is 9.81. The van der Waals surface area contributed by atoms with Crippen molar-refractivity contribution in [2.45, 2.75) is 12.8 Å². The van der Waals surface area contributed by atoms with E-state index in [1.807, 2.05) is 18.2 Å². The van der Waals surface area contributed by atoms with Crippen molar-refractivity contribution in [2.75, 3.05) is 0 Å². The van der Waals surface area contributed by atoms with Crippen molar-refractivity contribution >= 4 is 11.4 Å². The molecule has 2 aromatic rings. The average molecular weight is 261 g/mol. The predicted octanol–water partition coefficient (Wildman–Crippen LogP) is 5.09. The Morgan fingerprint density at radius 3 is 2.00 bits per heavy atom. The van der Waals surface area contributed by atoms with Crippen molar-refractivity contribution in [1.29, 1.82) is 5.26 Å². The molecule has 20 heavy (non-hydrogen) atoms. The van der Waals surface area contributed by atoms with Crippen LogP contribution in [-0.4, -0.2) is 0 Å². The van der Waals surface area contributed by atoms with Crippen molar-refractivity contribution < 1.29 is 0 Å². The normalized spacial score (nSPS) is 10.3. The molecule has 0 heterocycles. The van der Waals surface area contributed by atoms with Gasteiger partial charge in [0.1, 0.15) is 0 Å². The van der Waals surface area contributed by atoms with Crippen molar-refractivity contribution in [3.8, 4) is 6.07 Å². The number of rotatable bonds is 5. The van der Waals surface area contributed by atoms with Crippen LogP contribution in [0.15, 0.2) is 71.4 Å². The van der Waals surface area contributed by atoms with Gasteiger partial charge in [0.05, 0.1) is 23.0 Å². The van der Waals surface area contributed by atoms with Crippen molar-refractivity contribution in [2.24, 2.45) is 10.2 Å². The number of azo groups is 1. The summed E-state index contributed by atoms with van der Waals surface area (Å²) in [6.45, 7) is 3.72. The number of hydrogen-bond acceptors (Lipinski definition) is 3. The van der Waals surface area contributed by atoms with Gasteiger partial charge in [0, 0.05) is 0 Å². The minimum atomic E-state index is 0.621. The minimum absolute atomic E-state index is 0.621. The van der Waals surface area contributed by atoms with Gasteiger partial charge >= 0.3 is 0 Å². The Morgan fingerprint density at radius 1 is 0.950 bits per heavy atom. The van der Waals surface area contributed by atoms with Crippen LogP contribution in [-0.2, 0) is 6.42 Å². The first-order valence-electron chi connectivity index (χ1n) is 6.43. The minimum Gasteiger partial charge on any atom is -0.192 e. The standard InChI is InChI=1S/C17H15N3/c1-2-3-4-14-5-9-16(10-6-14)19-20-17-11-7-15(13-18)8-12-17/h2,5-12H,1,3-4H2. The van der Waals surface area contributed by atoms with E-state index in [1.54, 1.807) is 24.3 Å². The third kappa shape index (κ3) is 3.89. The van der Waals surface area contributed by atoms with Crippen LogP contribution in [0.25, 0.3) is 0 Å². The highest BCUT2D eigenvalue weighted by atomic mass is 15.1. The molecule has 0 N–H and O–H groups in total. The first kappa shape index (κ1) is 13.7. The van der Waals surface area contributed by atoms with Gasteiger partial charge in [0.2, 0.25) is 0 Å². The Labute approximate surface area is 118 Å². The largest absolute Gasteiger partial charge is 0.192 e. The van der Waals surface area contributed by atoms with Gasteiger partial charge in [-0.3, -0.25) is 0 Å². The van der Waals surface area contributed by atoms with E-state index in [9.17, 15) is 0 Å². The van der Waals surface area contributed by atoms with Crippen LogP contribution in [0.5, 0.6) is 0 Å². The lowest BCUT2D eigenvalue weighted by Gasteiger charge is -1.98. The van der Waals surface area contributed by atoms with Crippen LogP contribution in [0.3, 0.4) is 0 Å². The summed E-state index contributed by atoms with van der Waals surface area (Å²) in [6.07, 6.45) is 3.89. The fraction of sp³-hybridized carbons (Fsp3) is 0.118. The maximum absolute atomic E-state index is 8.71. The highest BCUT2D eigenvalue weighted by Gasteiger charge is 1.94. The van der Waals surface area contributed by atoms with E-state index < -0.39 is 0 Å².